The number of hydrogen-bond acceptors (Lipinski definition) is 5. The molecule has 18 heavy (non-hydrogen) atoms. The lowest BCUT2D eigenvalue weighted by atomic mass is 10.0. The Balaban J connectivity index is 2.04. The first-order valence-electron chi connectivity index (χ1n) is 5.92. The van der Waals surface area contributed by atoms with Crippen molar-refractivity contribution in [3.05, 3.63) is 12.7 Å². The smallest absolute Gasteiger partial charge is 0.328 e. The number of likely N-dealkylation sites (tertiary alicyclic amines) is 1. The van der Waals surface area contributed by atoms with E-state index >= 15 is 0 Å². The minimum atomic E-state index is -0.459. The zero-order chi connectivity index (χ0) is 13.0. The van der Waals surface area contributed by atoms with Crippen LogP contribution in [0.25, 0.3) is 0 Å². The topological polar surface area (TPSA) is 77.3 Å². The molecule has 1 atom stereocenters. The predicted octanol–water partition coefficient (Wildman–Crippen LogP) is -0.168. The number of methoxy groups -OCH3 is 1. The molecule has 0 aromatic carbocycles. The van der Waals surface area contributed by atoms with Crippen LogP contribution in [0.2, 0.25) is 0 Å². The summed E-state index contributed by atoms with van der Waals surface area (Å²) < 4.78 is 6.19. The summed E-state index contributed by atoms with van der Waals surface area (Å²) in [6.07, 6.45) is 5.37. The molecule has 2 rings (SSSR count). The molecule has 98 valence electrons. The summed E-state index contributed by atoms with van der Waals surface area (Å²) in [4.78, 5) is 29.1. The molecule has 0 bridgehead atoms. The molecule has 0 unspecified atom stereocenters. The zero-order valence-electron chi connectivity index (χ0n) is 10.3. The summed E-state index contributed by atoms with van der Waals surface area (Å²) in [6, 6.07) is -0.459. The highest BCUT2D eigenvalue weighted by molar-refractivity contribution is 5.84. The quantitative estimate of drug-likeness (QED) is 0.698. The summed E-state index contributed by atoms with van der Waals surface area (Å²) in [5, 5.41) is 3.88. The van der Waals surface area contributed by atoms with Crippen molar-refractivity contribution in [2.75, 3.05) is 13.7 Å². The Morgan fingerprint density at radius 1 is 1.44 bits per heavy atom. The first kappa shape index (κ1) is 12.5. The SMILES string of the molecule is COC(=O)[C@H]1CCCCN1C(=O)Cn1cncn1. The number of aromatic nitrogens is 3. The van der Waals surface area contributed by atoms with Gasteiger partial charge in [0.25, 0.3) is 0 Å². The van der Waals surface area contributed by atoms with Gasteiger partial charge in [-0.25, -0.2) is 14.5 Å². The fraction of sp³-hybridized carbons (Fsp3) is 0.636. The summed E-state index contributed by atoms with van der Waals surface area (Å²) in [5.41, 5.74) is 0. The second kappa shape index (κ2) is 5.61. The van der Waals surface area contributed by atoms with Crippen LogP contribution in [0.15, 0.2) is 12.7 Å². The molecule has 7 heteroatoms. The highest BCUT2D eigenvalue weighted by atomic mass is 16.5. The van der Waals surface area contributed by atoms with Crippen molar-refractivity contribution in [1.29, 1.82) is 0 Å². The van der Waals surface area contributed by atoms with Crippen LogP contribution >= 0.6 is 0 Å². The Kier molecular flexibility index (Phi) is 3.91. The van der Waals surface area contributed by atoms with E-state index in [1.54, 1.807) is 4.90 Å². The average molecular weight is 252 g/mol. The first-order valence-corrected chi connectivity index (χ1v) is 5.92. The van der Waals surface area contributed by atoms with Crippen LogP contribution < -0.4 is 0 Å². The number of amides is 1. The van der Waals surface area contributed by atoms with Gasteiger partial charge in [-0.2, -0.15) is 5.10 Å². The van der Waals surface area contributed by atoms with Gasteiger partial charge in [-0.3, -0.25) is 4.79 Å². The number of carbonyl (C=O) groups excluding carboxylic acids is 2. The molecule has 0 radical (unpaired) electrons. The molecule has 0 aliphatic carbocycles. The molecule has 1 aromatic heterocycles. The Morgan fingerprint density at radius 3 is 2.94 bits per heavy atom. The summed E-state index contributed by atoms with van der Waals surface area (Å²) in [7, 11) is 1.34. The third kappa shape index (κ3) is 2.66. The minimum absolute atomic E-state index is 0.105. The maximum atomic E-state index is 12.1. The molecular weight excluding hydrogens is 236 g/mol. The van der Waals surface area contributed by atoms with Crippen molar-refractivity contribution in [1.82, 2.24) is 19.7 Å². The molecule has 1 fully saturated rings. The Morgan fingerprint density at radius 2 is 2.28 bits per heavy atom. The van der Waals surface area contributed by atoms with Crippen LogP contribution in [0.1, 0.15) is 19.3 Å². The number of nitrogens with zero attached hydrogens (tertiary/aromatic N) is 4. The fourth-order valence-electron chi connectivity index (χ4n) is 2.15. The third-order valence-corrected chi connectivity index (χ3v) is 3.06. The fourth-order valence-corrected chi connectivity index (χ4v) is 2.15. The lowest BCUT2D eigenvalue weighted by molar-refractivity contribution is -0.155. The minimum Gasteiger partial charge on any atom is -0.467 e. The lowest BCUT2D eigenvalue weighted by Gasteiger charge is -2.33. The van der Waals surface area contributed by atoms with Crippen molar-refractivity contribution >= 4 is 11.9 Å². The van der Waals surface area contributed by atoms with E-state index in [9.17, 15) is 9.59 Å². The Bertz CT molecular complexity index is 418. The first-order chi connectivity index (χ1) is 8.72. The largest absolute Gasteiger partial charge is 0.467 e. The van der Waals surface area contributed by atoms with E-state index in [1.807, 2.05) is 0 Å². The molecule has 1 aliphatic heterocycles. The van der Waals surface area contributed by atoms with Crippen molar-refractivity contribution in [2.24, 2.45) is 0 Å². The number of esters is 1. The Hall–Kier alpha value is -1.92. The predicted molar refractivity (Wildman–Crippen MR) is 61.4 cm³/mol. The van der Waals surface area contributed by atoms with Crippen molar-refractivity contribution in [2.45, 2.75) is 31.8 Å². The second-order valence-electron chi connectivity index (χ2n) is 4.21. The van der Waals surface area contributed by atoms with Gasteiger partial charge in [0.05, 0.1) is 7.11 Å². The van der Waals surface area contributed by atoms with Crippen LogP contribution in [0.4, 0.5) is 0 Å². The number of ether oxygens (including phenoxy) is 1. The van der Waals surface area contributed by atoms with Gasteiger partial charge in [0, 0.05) is 6.54 Å². The summed E-state index contributed by atoms with van der Waals surface area (Å²) in [6.45, 7) is 0.695. The van der Waals surface area contributed by atoms with Crippen LogP contribution in [0, 0.1) is 0 Å². The highest BCUT2D eigenvalue weighted by Crippen LogP contribution is 2.18. The van der Waals surface area contributed by atoms with Gasteiger partial charge in [-0.1, -0.05) is 0 Å². The van der Waals surface area contributed by atoms with E-state index in [2.05, 4.69) is 10.1 Å². The van der Waals surface area contributed by atoms with Gasteiger partial charge in [-0.15, -0.1) is 0 Å². The van der Waals surface area contributed by atoms with Crippen LogP contribution in [0.3, 0.4) is 0 Å². The number of carbonyl (C=O) groups is 2. The molecule has 7 nitrogen and oxygen atoms in total. The van der Waals surface area contributed by atoms with Gasteiger partial charge in [0.15, 0.2) is 0 Å². The Labute approximate surface area is 105 Å². The molecule has 1 aromatic rings. The van der Waals surface area contributed by atoms with Gasteiger partial charge >= 0.3 is 5.97 Å². The molecule has 2 heterocycles. The van der Waals surface area contributed by atoms with Crippen LogP contribution in [-0.2, 0) is 20.9 Å². The highest BCUT2D eigenvalue weighted by Gasteiger charge is 2.32. The summed E-state index contributed by atoms with van der Waals surface area (Å²) >= 11 is 0. The number of piperidine rings is 1. The zero-order valence-corrected chi connectivity index (χ0v) is 10.3. The van der Waals surface area contributed by atoms with E-state index in [-0.39, 0.29) is 18.4 Å². The van der Waals surface area contributed by atoms with E-state index in [0.29, 0.717) is 13.0 Å². The lowest BCUT2D eigenvalue weighted by Crippen LogP contribution is -2.49. The summed E-state index contributed by atoms with van der Waals surface area (Å²) in [5.74, 6) is -0.475. The molecular formula is C11H16N4O3. The third-order valence-electron chi connectivity index (χ3n) is 3.06. The number of hydrogen-bond donors (Lipinski definition) is 0. The monoisotopic (exact) mass is 252 g/mol. The van der Waals surface area contributed by atoms with Crippen LogP contribution in [-0.4, -0.2) is 51.2 Å². The van der Waals surface area contributed by atoms with E-state index in [1.165, 1.54) is 24.4 Å². The van der Waals surface area contributed by atoms with E-state index in [4.69, 9.17) is 4.74 Å². The molecule has 0 N–H and O–H groups in total. The standard InChI is InChI=1S/C11H16N4O3/c1-18-11(17)9-4-2-3-5-15(9)10(16)6-14-8-12-7-13-14/h7-9H,2-6H2,1H3/t9-/m1/s1. The molecule has 0 saturated carbocycles. The molecule has 1 amide bonds. The van der Waals surface area contributed by atoms with Crippen molar-refractivity contribution in [3.63, 3.8) is 0 Å². The van der Waals surface area contributed by atoms with Gasteiger partial charge < -0.3 is 9.64 Å². The van der Waals surface area contributed by atoms with Gasteiger partial charge in [0.2, 0.25) is 5.91 Å². The average Bonchev–Trinajstić information content (AvgIpc) is 2.90. The maximum absolute atomic E-state index is 12.1. The van der Waals surface area contributed by atoms with Crippen molar-refractivity contribution in [3.8, 4) is 0 Å². The van der Waals surface area contributed by atoms with Gasteiger partial charge in [0.1, 0.15) is 25.2 Å². The molecule has 0 spiro atoms. The maximum Gasteiger partial charge on any atom is 0.328 e. The van der Waals surface area contributed by atoms with Gasteiger partial charge in [-0.05, 0) is 19.3 Å². The van der Waals surface area contributed by atoms with E-state index < -0.39 is 6.04 Å². The molecule has 1 aliphatic rings. The molecule has 1 saturated heterocycles. The van der Waals surface area contributed by atoms with E-state index in [0.717, 1.165) is 12.8 Å². The van der Waals surface area contributed by atoms with Crippen LogP contribution in [0.5, 0.6) is 0 Å². The van der Waals surface area contributed by atoms with Crippen molar-refractivity contribution < 1.29 is 14.3 Å². The normalized spacial score (nSPS) is 19.6. The number of rotatable bonds is 3. The second-order valence-corrected chi connectivity index (χ2v) is 4.21.